The van der Waals surface area contributed by atoms with Crippen LogP contribution in [-0.2, 0) is 16.0 Å². The summed E-state index contributed by atoms with van der Waals surface area (Å²) in [4.78, 5) is 16.1. The number of aromatic nitrogens is 1. The molecule has 0 aromatic carbocycles. The average molecular weight is 227 g/mol. The molecule has 0 N–H and O–H groups in total. The van der Waals surface area contributed by atoms with Gasteiger partial charge < -0.3 is 4.74 Å². The lowest BCUT2D eigenvalue weighted by molar-refractivity contribution is -0.130. The number of Topliss-reactive ketones (excluding diaryl/α,β-unsaturated/α-hetero) is 1. The van der Waals surface area contributed by atoms with Crippen LogP contribution in [0.25, 0.3) is 0 Å². The first kappa shape index (κ1) is 12.3. The minimum atomic E-state index is -0.311. The second-order valence-corrected chi connectivity index (χ2v) is 4.87. The highest BCUT2D eigenvalue weighted by molar-refractivity contribution is 7.09. The fraction of sp³-hybridized carbons (Fsp3) is 0.636. The highest BCUT2D eigenvalue weighted by Crippen LogP contribution is 2.14. The van der Waals surface area contributed by atoms with Crippen molar-refractivity contribution in [2.24, 2.45) is 5.92 Å². The number of hydrogen-bond donors (Lipinski definition) is 0. The molecular weight excluding hydrogens is 210 g/mol. The maximum atomic E-state index is 11.8. The van der Waals surface area contributed by atoms with Crippen LogP contribution in [0.15, 0.2) is 5.38 Å². The van der Waals surface area contributed by atoms with Crippen LogP contribution in [0.2, 0.25) is 0 Å². The molecule has 0 aliphatic rings. The van der Waals surface area contributed by atoms with E-state index in [1.165, 1.54) is 11.3 Å². The van der Waals surface area contributed by atoms with Gasteiger partial charge in [-0.1, -0.05) is 13.8 Å². The molecule has 84 valence electrons. The first-order chi connectivity index (χ1) is 7.04. The fourth-order valence-corrected chi connectivity index (χ4v) is 2.29. The number of hydrogen-bond acceptors (Lipinski definition) is 4. The Labute approximate surface area is 94.5 Å². The second kappa shape index (κ2) is 5.37. The molecule has 0 radical (unpaired) electrons. The van der Waals surface area contributed by atoms with E-state index in [2.05, 4.69) is 4.98 Å². The molecule has 1 rings (SSSR count). The van der Waals surface area contributed by atoms with Gasteiger partial charge >= 0.3 is 0 Å². The summed E-state index contributed by atoms with van der Waals surface area (Å²) in [5.41, 5.74) is 0.973. The third-order valence-electron chi connectivity index (χ3n) is 2.17. The van der Waals surface area contributed by atoms with Crippen LogP contribution in [0.1, 0.15) is 24.5 Å². The summed E-state index contributed by atoms with van der Waals surface area (Å²) in [7, 11) is 1.58. The summed E-state index contributed by atoms with van der Waals surface area (Å²) in [6.45, 7) is 5.90. The van der Waals surface area contributed by atoms with Gasteiger partial charge in [-0.15, -0.1) is 11.3 Å². The topological polar surface area (TPSA) is 39.2 Å². The quantitative estimate of drug-likeness (QED) is 0.774. The smallest absolute Gasteiger partial charge is 0.168 e. The molecule has 1 heterocycles. The monoisotopic (exact) mass is 227 g/mol. The number of carbonyl (C=O) groups is 1. The highest BCUT2D eigenvalue weighted by Gasteiger charge is 2.22. The number of ketones is 1. The van der Waals surface area contributed by atoms with Gasteiger partial charge in [-0.3, -0.25) is 4.79 Å². The van der Waals surface area contributed by atoms with Crippen LogP contribution in [0.4, 0.5) is 0 Å². The SMILES string of the molecule is COC(C(=O)Cc1nc(C)cs1)C(C)C. The van der Waals surface area contributed by atoms with E-state index in [0.29, 0.717) is 6.42 Å². The normalized spacial score (nSPS) is 13.1. The predicted octanol–water partition coefficient (Wildman–Crippen LogP) is 2.23. The molecule has 3 nitrogen and oxygen atoms in total. The summed E-state index contributed by atoms with van der Waals surface area (Å²) in [6, 6.07) is 0. The van der Waals surface area contributed by atoms with Crippen molar-refractivity contribution in [1.82, 2.24) is 4.98 Å². The van der Waals surface area contributed by atoms with Crippen LogP contribution < -0.4 is 0 Å². The summed E-state index contributed by atoms with van der Waals surface area (Å²) in [6.07, 6.45) is 0.0732. The molecule has 0 saturated carbocycles. The van der Waals surface area contributed by atoms with Gasteiger partial charge in [0.25, 0.3) is 0 Å². The van der Waals surface area contributed by atoms with E-state index in [0.717, 1.165) is 10.7 Å². The molecule has 4 heteroatoms. The molecule has 1 unspecified atom stereocenters. The second-order valence-electron chi connectivity index (χ2n) is 3.93. The van der Waals surface area contributed by atoms with Crippen molar-refractivity contribution < 1.29 is 9.53 Å². The van der Waals surface area contributed by atoms with E-state index in [-0.39, 0.29) is 17.8 Å². The minimum Gasteiger partial charge on any atom is -0.373 e. The molecule has 0 saturated heterocycles. The third-order valence-corrected chi connectivity index (χ3v) is 3.14. The van der Waals surface area contributed by atoms with Crippen molar-refractivity contribution in [1.29, 1.82) is 0 Å². The first-order valence-corrected chi connectivity index (χ1v) is 5.89. The number of aryl methyl sites for hydroxylation is 1. The van der Waals surface area contributed by atoms with Crippen LogP contribution in [0.3, 0.4) is 0 Å². The fourth-order valence-electron chi connectivity index (χ4n) is 1.51. The molecular formula is C11H17NO2S. The number of rotatable bonds is 5. The molecule has 0 bridgehead atoms. The van der Waals surface area contributed by atoms with E-state index in [1.54, 1.807) is 7.11 Å². The van der Waals surface area contributed by atoms with Crippen LogP contribution in [-0.4, -0.2) is 24.0 Å². The average Bonchev–Trinajstić information content (AvgIpc) is 2.51. The van der Waals surface area contributed by atoms with E-state index in [4.69, 9.17) is 4.74 Å². The highest BCUT2D eigenvalue weighted by atomic mass is 32.1. The van der Waals surface area contributed by atoms with Gasteiger partial charge in [0.2, 0.25) is 0 Å². The van der Waals surface area contributed by atoms with Crippen LogP contribution in [0.5, 0.6) is 0 Å². The van der Waals surface area contributed by atoms with Gasteiger partial charge in [-0.2, -0.15) is 0 Å². The van der Waals surface area contributed by atoms with Gasteiger partial charge in [0.1, 0.15) is 11.1 Å². The zero-order valence-electron chi connectivity index (χ0n) is 9.61. The number of thiazole rings is 1. The Balaban J connectivity index is 2.62. The Morgan fingerprint density at radius 1 is 1.60 bits per heavy atom. The summed E-state index contributed by atoms with van der Waals surface area (Å²) in [5.74, 6) is 0.324. The first-order valence-electron chi connectivity index (χ1n) is 5.01. The lowest BCUT2D eigenvalue weighted by Gasteiger charge is -2.16. The Bertz CT molecular complexity index is 333. The van der Waals surface area contributed by atoms with Crippen molar-refractivity contribution in [3.05, 3.63) is 16.1 Å². The zero-order valence-corrected chi connectivity index (χ0v) is 10.4. The summed E-state index contributed by atoms with van der Waals surface area (Å²) in [5, 5.41) is 2.83. The number of ether oxygens (including phenoxy) is 1. The summed E-state index contributed by atoms with van der Waals surface area (Å²) >= 11 is 1.53. The van der Waals surface area contributed by atoms with E-state index in [9.17, 15) is 4.79 Å². The van der Waals surface area contributed by atoms with E-state index < -0.39 is 0 Å². The molecule has 0 aliphatic heterocycles. The predicted molar refractivity (Wildman–Crippen MR) is 61.2 cm³/mol. The molecule has 1 atom stereocenters. The number of nitrogens with zero attached hydrogens (tertiary/aromatic N) is 1. The largest absolute Gasteiger partial charge is 0.373 e. The Hall–Kier alpha value is -0.740. The number of methoxy groups -OCH3 is 1. The van der Waals surface area contributed by atoms with Crippen molar-refractivity contribution >= 4 is 17.1 Å². The molecule has 1 aromatic heterocycles. The van der Waals surface area contributed by atoms with Gasteiger partial charge in [0, 0.05) is 18.2 Å². The minimum absolute atomic E-state index is 0.113. The van der Waals surface area contributed by atoms with Gasteiger partial charge in [0.05, 0.1) is 6.42 Å². The van der Waals surface area contributed by atoms with Crippen molar-refractivity contribution in [3.63, 3.8) is 0 Å². The van der Waals surface area contributed by atoms with Crippen LogP contribution in [0, 0.1) is 12.8 Å². The molecule has 1 aromatic rings. The zero-order chi connectivity index (χ0) is 11.4. The summed E-state index contributed by atoms with van der Waals surface area (Å²) < 4.78 is 5.18. The number of carbonyl (C=O) groups excluding carboxylic acids is 1. The molecule has 0 amide bonds. The maximum absolute atomic E-state index is 11.8. The van der Waals surface area contributed by atoms with Gasteiger partial charge in [-0.05, 0) is 12.8 Å². The van der Waals surface area contributed by atoms with Crippen molar-refractivity contribution in [2.45, 2.75) is 33.3 Å². The van der Waals surface area contributed by atoms with Crippen molar-refractivity contribution in [2.75, 3.05) is 7.11 Å². The van der Waals surface area contributed by atoms with E-state index >= 15 is 0 Å². The van der Waals surface area contributed by atoms with Crippen LogP contribution >= 0.6 is 11.3 Å². The molecule has 0 spiro atoms. The van der Waals surface area contributed by atoms with Crippen molar-refractivity contribution in [3.8, 4) is 0 Å². The molecule has 0 fully saturated rings. The van der Waals surface area contributed by atoms with Gasteiger partial charge in [0.15, 0.2) is 5.78 Å². The van der Waals surface area contributed by atoms with Gasteiger partial charge in [-0.25, -0.2) is 4.98 Å². The molecule has 15 heavy (non-hydrogen) atoms. The Morgan fingerprint density at radius 3 is 2.67 bits per heavy atom. The lowest BCUT2D eigenvalue weighted by atomic mass is 10.0. The maximum Gasteiger partial charge on any atom is 0.168 e. The van der Waals surface area contributed by atoms with E-state index in [1.807, 2.05) is 26.2 Å². The lowest BCUT2D eigenvalue weighted by Crippen LogP contribution is -2.29. The molecule has 0 aliphatic carbocycles. The third kappa shape index (κ3) is 3.39. The standard InChI is InChI=1S/C11H17NO2S/c1-7(2)11(14-4)9(13)5-10-12-8(3)6-15-10/h6-7,11H,5H2,1-4H3. The Kier molecular flexibility index (Phi) is 4.42. The Morgan fingerprint density at radius 2 is 2.27 bits per heavy atom.